The summed E-state index contributed by atoms with van der Waals surface area (Å²) in [6.45, 7) is 8.23. The summed E-state index contributed by atoms with van der Waals surface area (Å²) in [5, 5.41) is 21.1. The topological polar surface area (TPSA) is 83.8 Å². The molecule has 1 aromatic rings. The van der Waals surface area contributed by atoms with E-state index >= 15 is 0 Å². The van der Waals surface area contributed by atoms with Crippen molar-refractivity contribution >= 4 is 12.1 Å². The monoisotopic (exact) mass is 386 g/mol. The zero-order valence-corrected chi connectivity index (χ0v) is 17.1. The molecule has 5 nitrogen and oxygen atoms in total. The molecule has 2 N–H and O–H groups in total. The number of fused-ring (bicyclic) bond motifs is 1. The minimum absolute atomic E-state index is 0.0297. The van der Waals surface area contributed by atoms with Crippen LogP contribution >= 0.6 is 0 Å². The van der Waals surface area contributed by atoms with Gasteiger partial charge in [-0.3, -0.25) is 9.59 Å². The summed E-state index contributed by atoms with van der Waals surface area (Å²) in [6, 6.07) is 0. The fourth-order valence-electron chi connectivity index (χ4n) is 4.29. The van der Waals surface area contributed by atoms with Crippen LogP contribution in [0.2, 0.25) is 0 Å². The summed E-state index contributed by atoms with van der Waals surface area (Å²) in [6.07, 6.45) is 7.86. The van der Waals surface area contributed by atoms with Crippen LogP contribution in [0.15, 0.2) is 12.2 Å². The Hall–Kier alpha value is -2.30. The first-order chi connectivity index (χ1) is 13.2. The van der Waals surface area contributed by atoms with Gasteiger partial charge in [0.25, 0.3) is 0 Å². The molecule has 1 aliphatic carbocycles. The largest absolute Gasteiger partial charge is 0.507 e. The fraction of sp³-hybridized carbons (Fsp3) is 0.565. The second kappa shape index (κ2) is 7.61. The lowest BCUT2D eigenvalue weighted by molar-refractivity contribution is 0.0661. The number of ketones is 1. The molecular formula is C23H30O5. The summed E-state index contributed by atoms with van der Waals surface area (Å²) in [5.41, 5.74) is -0.296. The van der Waals surface area contributed by atoms with Gasteiger partial charge in [-0.1, -0.05) is 33.8 Å². The van der Waals surface area contributed by atoms with E-state index in [0.29, 0.717) is 36.5 Å². The molecule has 2 aliphatic rings. The van der Waals surface area contributed by atoms with Gasteiger partial charge in [0.2, 0.25) is 0 Å². The Labute approximate surface area is 166 Å². The number of allylic oxidation sites excluding steroid dienone is 1. The smallest absolute Gasteiger partial charge is 0.170 e. The number of aldehydes is 1. The third kappa shape index (κ3) is 3.54. The van der Waals surface area contributed by atoms with Crippen molar-refractivity contribution < 1.29 is 24.5 Å². The van der Waals surface area contributed by atoms with E-state index in [2.05, 4.69) is 26.0 Å². The van der Waals surface area contributed by atoms with Crippen LogP contribution in [0.5, 0.6) is 17.2 Å². The lowest BCUT2D eigenvalue weighted by Crippen LogP contribution is -2.41. The van der Waals surface area contributed by atoms with E-state index in [1.54, 1.807) is 0 Å². The van der Waals surface area contributed by atoms with Crippen molar-refractivity contribution in [2.45, 2.75) is 65.4 Å². The average molecular weight is 386 g/mol. The van der Waals surface area contributed by atoms with Crippen molar-refractivity contribution in [1.82, 2.24) is 0 Å². The predicted octanol–water partition coefficient (Wildman–Crippen LogP) is 4.83. The number of carbonyl (C=O) groups excluding carboxylic acids is 2. The highest BCUT2D eigenvalue weighted by molar-refractivity contribution is 6.05. The van der Waals surface area contributed by atoms with Crippen molar-refractivity contribution in [3.8, 4) is 17.2 Å². The Morgan fingerprint density at radius 3 is 2.50 bits per heavy atom. The maximum atomic E-state index is 12.9. The van der Waals surface area contributed by atoms with E-state index in [9.17, 15) is 19.8 Å². The highest BCUT2D eigenvalue weighted by Gasteiger charge is 2.41. The van der Waals surface area contributed by atoms with Gasteiger partial charge < -0.3 is 14.9 Å². The lowest BCUT2D eigenvalue weighted by atomic mass is 9.76. The standard InChI is InChI=1S/C23H30O5/c1-13(2)11-18(25)19-21(27)17(12-24)20(26)16-7-10-23(28-22(16)19)8-5-15(6-9-23)14(3)4/h5,8,12-15,26-27H,6-7,9-11H2,1-4H3. The molecule has 5 heteroatoms. The lowest BCUT2D eigenvalue weighted by Gasteiger charge is -2.41. The zero-order chi connectivity index (χ0) is 20.6. The predicted molar refractivity (Wildman–Crippen MR) is 107 cm³/mol. The molecule has 28 heavy (non-hydrogen) atoms. The van der Waals surface area contributed by atoms with Crippen molar-refractivity contribution in [3.63, 3.8) is 0 Å². The highest BCUT2D eigenvalue weighted by Crippen LogP contribution is 2.50. The SMILES string of the molecule is CC(C)CC(=O)c1c(O)c(C=O)c(O)c2c1OC1(C=CC(C(C)C)CC1)CC2. The number of ether oxygens (including phenoxy) is 1. The molecule has 0 aromatic heterocycles. The second-order valence-corrected chi connectivity index (χ2v) is 8.91. The quantitative estimate of drug-likeness (QED) is 0.430. The van der Waals surface area contributed by atoms with Crippen LogP contribution in [-0.2, 0) is 6.42 Å². The molecule has 2 atom stereocenters. The molecule has 1 aromatic carbocycles. The molecule has 0 saturated carbocycles. The molecular weight excluding hydrogens is 356 g/mol. The van der Waals surface area contributed by atoms with Gasteiger partial charge in [0.15, 0.2) is 12.1 Å². The first kappa shape index (κ1) is 20.4. The third-order valence-electron chi connectivity index (χ3n) is 6.03. The van der Waals surface area contributed by atoms with E-state index in [1.807, 2.05) is 13.8 Å². The Morgan fingerprint density at radius 1 is 1.25 bits per heavy atom. The normalized spacial score (nSPS) is 23.7. The molecule has 1 spiro atoms. The van der Waals surface area contributed by atoms with Crippen molar-refractivity contribution in [3.05, 3.63) is 28.8 Å². The number of Topliss-reactive ketones (excluding diaryl/α,β-unsaturated/α-hetero) is 1. The Morgan fingerprint density at radius 2 is 1.96 bits per heavy atom. The van der Waals surface area contributed by atoms with Crippen LogP contribution in [0.25, 0.3) is 0 Å². The molecule has 0 radical (unpaired) electrons. The summed E-state index contributed by atoms with van der Waals surface area (Å²) in [5.74, 6) is 0.351. The van der Waals surface area contributed by atoms with Gasteiger partial charge in [-0.05, 0) is 49.5 Å². The summed E-state index contributed by atoms with van der Waals surface area (Å²) in [7, 11) is 0. The van der Waals surface area contributed by atoms with Crippen LogP contribution in [0.3, 0.4) is 0 Å². The summed E-state index contributed by atoms with van der Waals surface area (Å²) in [4.78, 5) is 24.3. The van der Waals surface area contributed by atoms with Gasteiger partial charge in [-0.2, -0.15) is 0 Å². The number of hydrogen-bond donors (Lipinski definition) is 2. The minimum Gasteiger partial charge on any atom is -0.507 e. The molecule has 0 bridgehead atoms. The molecule has 152 valence electrons. The molecule has 3 rings (SSSR count). The third-order valence-corrected chi connectivity index (χ3v) is 6.03. The number of phenolic OH excluding ortho intramolecular Hbond substituents is 2. The zero-order valence-electron chi connectivity index (χ0n) is 17.1. The maximum absolute atomic E-state index is 12.9. The number of carbonyl (C=O) groups is 2. The molecule has 2 unspecified atom stereocenters. The average Bonchev–Trinajstić information content (AvgIpc) is 2.61. The first-order valence-corrected chi connectivity index (χ1v) is 10.2. The van der Waals surface area contributed by atoms with Gasteiger partial charge in [-0.15, -0.1) is 0 Å². The number of aromatic hydroxyl groups is 2. The number of benzene rings is 1. The summed E-state index contributed by atoms with van der Waals surface area (Å²) >= 11 is 0. The van der Waals surface area contributed by atoms with E-state index in [-0.39, 0.29) is 40.7 Å². The number of phenols is 2. The van der Waals surface area contributed by atoms with Crippen molar-refractivity contribution in [2.75, 3.05) is 0 Å². The van der Waals surface area contributed by atoms with E-state index in [1.165, 1.54) is 0 Å². The second-order valence-electron chi connectivity index (χ2n) is 8.91. The van der Waals surface area contributed by atoms with E-state index in [0.717, 1.165) is 12.8 Å². The van der Waals surface area contributed by atoms with Crippen molar-refractivity contribution in [1.29, 1.82) is 0 Å². The Bertz CT molecular complexity index is 821. The Kier molecular flexibility index (Phi) is 5.55. The minimum atomic E-state index is -0.535. The van der Waals surface area contributed by atoms with Crippen molar-refractivity contribution in [2.24, 2.45) is 17.8 Å². The maximum Gasteiger partial charge on any atom is 0.170 e. The molecule has 0 saturated heterocycles. The van der Waals surface area contributed by atoms with E-state index < -0.39 is 11.4 Å². The first-order valence-electron chi connectivity index (χ1n) is 10.2. The van der Waals surface area contributed by atoms with Crippen LogP contribution in [0, 0.1) is 17.8 Å². The van der Waals surface area contributed by atoms with E-state index in [4.69, 9.17) is 4.74 Å². The summed E-state index contributed by atoms with van der Waals surface area (Å²) < 4.78 is 6.34. The van der Waals surface area contributed by atoms with Crippen LogP contribution < -0.4 is 4.74 Å². The highest BCUT2D eigenvalue weighted by atomic mass is 16.5. The van der Waals surface area contributed by atoms with Crippen LogP contribution in [0.4, 0.5) is 0 Å². The fourth-order valence-corrected chi connectivity index (χ4v) is 4.29. The van der Waals surface area contributed by atoms with Crippen LogP contribution in [0.1, 0.15) is 79.7 Å². The molecule has 1 heterocycles. The van der Waals surface area contributed by atoms with Gasteiger partial charge in [0.05, 0.1) is 5.56 Å². The van der Waals surface area contributed by atoms with Gasteiger partial charge in [-0.25, -0.2) is 0 Å². The molecule has 0 fully saturated rings. The molecule has 0 amide bonds. The molecule has 1 aliphatic heterocycles. The number of rotatable bonds is 5. The Balaban J connectivity index is 2.08. The van der Waals surface area contributed by atoms with Gasteiger partial charge in [0.1, 0.15) is 28.4 Å². The van der Waals surface area contributed by atoms with Crippen LogP contribution in [-0.4, -0.2) is 27.9 Å². The van der Waals surface area contributed by atoms with Gasteiger partial charge >= 0.3 is 0 Å². The number of hydrogen-bond acceptors (Lipinski definition) is 5. The van der Waals surface area contributed by atoms with Gasteiger partial charge in [0, 0.05) is 12.0 Å².